The van der Waals surface area contributed by atoms with E-state index < -0.39 is 0 Å². The van der Waals surface area contributed by atoms with Crippen molar-refractivity contribution in [2.75, 3.05) is 7.11 Å². The van der Waals surface area contributed by atoms with Crippen LogP contribution in [0.4, 0.5) is 0 Å². The Kier molecular flexibility index (Phi) is 3.74. The van der Waals surface area contributed by atoms with Crippen LogP contribution in [0.15, 0.2) is 40.2 Å². The van der Waals surface area contributed by atoms with Gasteiger partial charge in [-0.3, -0.25) is 0 Å². The molecule has 1 aromatic carbocycles. The summed E-state index contributed by atoms with van der Waals surface area (Å²) in [5.74, 6) is 2.45. The second kappa shape index (κ2) is 6.04. The number of aromatic nitrogens is 5. The summed E-state index contributed by atoms with van der Waals surface area (Å²) in [6, 6.07) is 8.09. The van der Waals surface area contributed by atoms with Gasteiger partial charge < -0.3 is 13.7 Å². The quantitative estimate of drug-likeness (QED) is 0.643. The number of hydrogen-bond acceptors (Lipinski definition) is 7. The zero-order valence-corrected chi connectivity index (χ0v) is 13.4. The van der Waals surface area contributed by atoms with Crippen LogP contribution >= 0.6 is 11.8 Å². The summed E-state index contributed by atoms with van der Waals surface area (Å²) in [6.07, 6.45) is 4.19. The normalized spacial score (nSPS) is 14.1. The van der Waals surface area contributed by atoms with E-state index in [9.17, 15) is 0 Å². The molecule has 2 heterocycles. The predicted octanol–water partition coefficient (Wildman–Crippen LogP) is 2.96. The van der Waals surface area contributed by atoms with Crippen LogP contribution in [0.3, 0.4) is 0 Å². The van der Waals surface area contributed by atoms with Gasteiger partial charge in [0, 0.05) is 11.6 Å². The van der Waals surface area contributed by atoms with E-state index in [0.717, 1.165) is 16.5 Å². The second-order valence-electron chi connectivity index (χ2n) is 5.27. The Labute approximate surface area is 137 Å². The molecule has 0 N–H and O–H groups in total. The maximum atomic E-state index is 5.72. The molecule has 3 aromatic rings. The topological polar surface area (TPSA) is 78.9 Å². The third-order valence-corrected chi connectivity index (χ3v) is 4.55. The average molecular weight is 329 g/mol. The molecular weight excluding hydrogens is 314 g/mol. The van der Waals surface area contributed by atoms with Crippen LogP contribution in [0.1, 0.15) is 24.8 Å². The van der Waals surface area contributed by atoms with Gasteiger partial charge in [0.1, 0.15) is 12.1 Å². The Hall–Kier alpha value is -2.35. The molecule has 4 rings (SSSR count). The van der Waals surface area contributed by atoms with Gasteiger partial charge in [0.2, 0.25) is 11.8 Å². The fraction of sp³-hybridized carbons (Fsp3) is 0.333. The van der Waals surface area contributed by atoms with Crippen molar-refractivity contribution in [2.45, 2.75) is 29.8 Å². The predicted molar refractivity (Wildman–Crippen MR) is 84.1 cm³/mol. The number of rotatable bonds is 6. The highest BCUT2D eigenvalue weighted by atomic mass is 32.2. The standard InChI is InChI=1S/C15H15N5O2S/c1-21-12-6-2-10(3-7-12)14-18-17-13(22-14)8-23-15-19-16-9-20(15)11-4-5-11/h2-3,6-7,9,11H,4-5,8H2,1H3. The van der Waals surface area contributed by atoms with Crippen molar-refractivity contribution < 1.29 is 9.15 Å². The smallest absolute Gasteiger partial charge is 0.247 e. The van der Waals surface area contributed by atoms with Crippen LogP contribution in [0.5, 0.6) is 5.75 Å². The Balaban J connectivity index is 1.44. The molecule has 0 aliphatic heterocycles. The molecule has 0 amide bonds. The first kappa shape index (κ1) is 14.3. The monoisotopic (exact) mass is 329 g/mol. The zero-order valence-electron chi connectivity index (χ0n) is 12.5. The van der Waals surface area contributed by atoms with E-state index in [1.807, 2.05) is 24.3 Å². The van der Waals surface area contributed by atoms with E-state index in [-0.39, 0.29) is 0 Å². The molecule has 1 saturated carbocycles. The largest absolute Gasteiger partial charge is 0.497 e. The summed E-state index contributed by atoms with van der Waals surface area (Å²) in [5.41, 5.74) is 0.871. The average Bonchev–Trinajstić information content (AvgIpc) is 3.14. The second-order valence-corrected chi connectivity index (χ2v) is 6.21. The minimum atomic E-state index is 0.506. The Bertz CT molecular complexity index is 794. The van der Waals surface area contributed by atoms with Crippen LogP contribution in [-0.4, -0.2) is 32.1 Å². The van der Waals surface area contributed by atoms with Gasteiger partial charge in [0.15, 0.2) is 5.16 Å². The first-order valence-electron chi connectivity index (χ1n) is 7.32. The van der Waals surface area contributed by atoms with Gasteiger partial charge in [0.25, 0.3) is 0 Å². The van der Waals surface area contributed by atoms with E-state index in [4.69, 9.17) is 9.15 Å². The molecule has 7 nitrogen and oxygen atoms in total. The highest BCUT2D eigenvalue weighted by Crippen LogP contribution is 2.37. The number of hydrogen-bond donors (Lipinski definition) is 0. The lowest BCUT2D eigenvalue weighted by Gasteiger charge is -2.01. The summed E-state index contributed by atoms with van der Waals surface area (Å²) in [7, 11) is 1.64. The zero-order chi connectivity index (χ0) is 15.6. The highest BCUT2D eigenvalue weighted by molar-refractivity contribution is 7.98. The van der Waals surface area contributed by atoms with Gasteiger partial charge in [-0.25, -0.2) is 0 Å². The molecule has 23 heavy (non-hydrogen) atoms. The van der Waals surface area contributed by atoms with E-state index in [0.29, 0.717) is 23.6 Å². The molecule has 0 bridgehead atoms. The molecule has 0 atom stereocenters. The first-order valence-corrected chi connectivity index (χ1v) is 8.31. The lowest BCUT2D eigenvalue weighted by atomic mass is 10.2. The number of nitrogens with zero attached hydrogens (tertiary/aromatic N) is 5. The number of benzene rings is 1. The SMILES string of the molecule is COc1ccc(-c2nnc(CSc3nncn3C3CC3)o2)cc1. The molecule has 118 valence electrons. The van der Waals surface area contributed by atoms with Crippen molar-refractivity contribution in [3.05, 3.63) is 36.5 Å². The summed E-state index contributed by atoms with van der Waals surface area (Å²) in [6.45, 7) is 0. The van der Waals surface area contributed by atoms with Gasteiger partial charge in [-0.15, -0.1) is 20.4 Å². The van der Waals surface area contributed by atoms with Crippen LogP contribution in [0.2, 0.25) is 0 Å². The van der Waals surface area contributed by atoms with E-state index in [2.05, 4.69) is 25.0 Å². The summed E-state index contributed by atoms with van der Waals surface area (Å²) in [5, 5.41) is 17.2. The number of ether oxygens (including phenoxy) is 1. The number of thioether (sulfide) groups is 1. The summed E-state index contributed by atoms with van der Waals surface area (Å²) >= 11 is 1.56. The van der Waals surface area contributed by atoms with Crippen LogP contribution in [0, 0.1) is 0 Å². The summed E-state index contributed by atoms with van der Waals surface area (Å²) in [4.78, 5) is 0. The van der Waals surface area contributed by atoms with E-state index >= 15 is 0 Å². The maximum absolute atomic E-state index is 5.72. The minimum absolute atomic E-state index is 0.506. The minimum Gasteiger partial charge on any atom is -0.497 e. The lowest BCUT2D eigenvalue weighted by Crippen LogP contribution is -1.94. The van der Waals surface area contributed by atoms with Crippen LogP contribution in [-0.2, 0) is 5.75 Å². The molecular formula is C15H15N5O2S. The van der Waals surface area contributed by atoms with Gasteiger partial charge in [0.05, 0.1) is 12.9 Å². The Morgan fingerprint density at radius 3 is 2.78 bits per heavy atom. The summed E-state index contributed by atoms with van der Waals surface area (Å²) < 4.78 is 13.0. The lowest BCUT2D eigenvalue weighted by molar-refractivity contribution is 0.415. The van der Waals surface area contributed by atoms with Crippen LogP contribution in [0.25, 0.3) is 11.5 Å². The van der Waals surface area contributed by atoms with Gasteiger partial charge in [-0.2, -0.15) is 0 Å². The van der Waals surface area contributed by atoms with E-state index in [1.165, 1.54) is 12.8 Å². The van der Waals surface area contributed by atoms with Crippen molar-refractivity contribution in [3.63, 3.8) is 0 Å². The Morgan fingerprint density at radius 1 is 1.22 bits per heavy atom. The molecule has 0 radical (unpaired) electrons. The third kappa shape index (κ3) is 3.07. The molecule has 0 spiro atoms. The van der Waals surface area contributed by atoms with Gasteiger partial charge in [-0.05, 0) is 37.1 Å². The molecule has 8 heteroatoms. The maximum Gasteiger partial charge on any atom is 0.247 e. The van der Waals surface area contributed by atoms with Gasteiger partial charge >= 0.3 is 0 Å². The van der Waals surface area contributed by atoms with Crippen molar-refractivity contribution in [1.29, 1.82) is 0 Å². The fourth-order valence-electron chi connectivity index (χ4n) is 2.23. The van der Waals surface area contributed by atoms with Crippen molar-refractivity contribution in [2.24, 2.45) is 0 Å². The van der Waals surface area contributed by atoms with Crippen molar-refractivity contribution >= 4 is 11.8 Å². The molecule has 0 unspecified atom stereocenters. The number of methoxy groups -OCH3 is 1. The molecule has 1 aliphatic rings. The van der Waals surface area contributed by atoms with Crippen LogP contribution < -0.4 is 4.74 Å². The molecule has 1 aliphatic carbocycles. The van der Waals surface area contributed by atoms with Crippen molar-refractivity contribution in [1.82, 2.24) is 25.0 Å². The van der Waals surface area contributed by atoms with E-state index in [1.54, 1.807) is 25.2 Å². The fourth-order valence-corrected chi connectivity index (χ4v) is 3.05. The highest BCUT2D eigenvalue weighted by Gasteiger charge is 2.26. The molecule has 1 fully saturated rings. The third-order valence-electron chi connectivity index (χ3n) is 3.61. The van der Waals surface area contributed by atoms with Gasteiger partial charge in [-0.1, -0.05) is 11.8 Å². The van der Waals surface area contributed by atoms with Crippen molar-refractivity contribution in [3.8, 4) is 17.2 Å². The Morgan fingerprint density at radius 2 is 2.04 bits per heavy atom. The molecule has 0 saturated heterocycles. The molecule has 2 aromatic heterocycles. The first-order chi connectivity index (χ1) is 11.3.